The van der Waals surface area contributed by atoms with Gasteiger partial charge in [-0.05, 0) is 32.3 Å². The average molecular weight is 305 g/mol. The maximum Gasteiger partial charge on any atom is 0.435 e. The highest BCUT2D eigenvalue weighted by atomic mass is 19.4. The fourth-order valence-electron chi connectivity index (χ4n) is 2.12. The highest BCUT2D eigenvalue weighted by molar-refractivity contribution is 5.78. The Hall–Kier alpha value is -1.53. The van der Waals surface area contributed by atoms with Gasteiger partial charge in [0.1, 0.15) is 0 Å². The van der Waals surface area contributed by atoms with Gasteiger partial charge in [0, 0.05) is 24.7 Å². The quantitative estimate of drug-likeness (QED) is 0.787. The van der Waals surface area contributed by atoms with Crippen LogP contribution in [0.1, 0.15) is 44.5 Å². The lowest BCUT2D eigenvalue weighted by molar-refractivity contribution is -0.141. The summed E-state index contributed by atoms with van der Waals surface area (Å²) in [6.45, 7) is 6.30. The number of alkyl halides is 3. The lowest BCUT2D eigenvalue weighted by Crippen LogP contribution is -2.31. The van der Waals surface area contributed by atoms with Crippen LogP contribution >= 0.6 is 0 Å². The number of carbonyl (C=O) groups excluding carboxylic acids is 1. The molecule has 1 aromatic rings. The summed E-state index contributed by atoms with van der Waals surface area (Å²) < 4.78 is 38.9. The number of hydrogen-bond donors (Lipinski definition) is 1. The van der Waals surface area contributed by atoms with Gasteiger partial charge in [-0.25, -0.2) is 0 Å². The molecule has 0 radical (unpaired) electrons. The number of hydrogen-bond acceptors (Lipinski definition) is 2. The van der Waals surface area contributed by atoms with Crippen LogP contribution in [0.15, 0.2) is 6.07 Å². The molecule has 1 heterocycles. The van der Waals surface area contributed by atoms with Crippen LogP contribution in [0.4, 0.5) is 13.2 Å². The lowest BCUT2D eigenvalue weighted by Gasteiger charge is -2.12. The molecule has 0 spiro atoms. The minimum absolute atomic E-state index is 0.00756. The molecule has 0 saturated heterocycles. The molecule has 0 saturated carbocycles. The number of halogens is 3. The van der Waals surface area contributed by atoms with Crippen molar-refractivity contribution in [3.05, 3.63) is 17.5 Å². The molecule has 0 fully saturated rings. The van der Waals surface area contributed by atoms with Crippen molar-refractivity contribution in [2.24, 2.45) is 5.92 Å². The van der Waals surface area contributed by atoms with Gasteiger partial charge in [-0.1, -0.05) is 13.8 Å². The van der Waals surface area contributed by atoms with E-state index in [9.17, 15) is 18.0 Å². The molecule has 0 aliphatic rings. The summed E-state index contributed by atoms with van der Waals surface area (Å²) in [6.07, 6.45) is -2.30. The molecule has 0 unspecified atom stereocenters. The van der Waals surface area contributed by atoms with Gasteiger partial charge in [0.05, 0.1) is 0 Å². The van der Waals surface area contributed by atoms with E-state index in [0.717, 1.165) is 18.9 Å². The summed E-state index contributed by atoms with van der Waals surface area (Å²) in [5.41, 5.74) is -0.408. The highest BCUT2D eigenvalue weighted by Crippen LogP contribution is 2.28. The Labute approximate surface area is 122 Å². The summed E-state index contributed by atoms with van der Waals surface area (Å²) in [5, 5.41) is 6.35. The van der Waals surface area contributed by atoms with Crippen molar-refractivity contribution in [1.29, 1.82) is 0 Å². The smallest absolute Gasteiger partial charge is 0.356 e. The second-order valence-electron chi connectivity index (χ2n) is 5.05. The minimum Gasteiger partial charge on any atom is -0.356 e. The molecule has 1 N–H and O–H groups in total. The van der Waals surface area contributed by atoms with E-state index in [0.29, 0.717) is 25.2 Å². The largest absolute Gasteiger partial charge is 0.435 e. The van der Waals surface area contributed by atoms with Crippen LogP contribution in [0.3, 0.4) is 0 Å². The predicted molar refractivity (Wildman–Crippen MR) is 73.7 cm³/mol. The van der Waals surface area contributed by atoms with Gasteiger partial charge in [0.15, 0.2) is 5.69 Å². The molecular weight excluding hydrogens is 283 g/mol. The molecule has 0 aliphatic heterocycles. The van der Waals surface area contributed by atoms with Crippen LogP contribution in [-0.2, 0) is 17.5 Å². The first-order valence-electron chi connectivity index (χ1n) is 7.18. The number of nitrogens with one attached hydrogen (secondary N) is 1. The van der Waals surface area contributed by atoms with Crippen LogP contribution < -0.4 is 5.32 Å². The summed E-state index contributed by atoms with van der Waals surface area (Å²) in [5.74, 6) is 0.0152. The van der Waals surface area contributed by atoms with Crippen LogP contribution in [0.25, 0.3) is 0 Å². The van der Waals surface area contributed by atoms with E-state index in [-0.39, 0.29) is 11.8 Å². The molecule has 1 amide bonds. The van der Waals surface area contributed by atoms with Gasteiger partial charge >= 0.3 is 6.18 Å². The number of carbonyl (C=O) groups is 1. The van der Waals surface area contributed by atoms with E-state index in [4.69, 9.17) is 0 Å². The number of aromatic nitrogens is 2. The van der Waals surface area contributed by atoms with E-state index in [1.807, 2.05) is 13.8 Å². The molecule has 7 heteroatoms. The molecule has 0 aliphatic carbocycles. The molecule has 21 heavy (non-hydrogen) atoms. The number of aryl methyl sites for hydroxylation is 2. The van der Waals surface area contributed by atoms with Crippen molar-refractivity contribution in [2.45, 2.75) is 52.8 Å². The Balaban J connectivity index is 2.43. The second-order valence-corrected chi connectivity index (χ2v) is 5.05. The summed E-state index contributed by atoms with van der Waals surface area (Å²) >= 11 is 0. The Bertz CT molecular complexity index is 465. The normalized spacial score (nSPS) is 12.0. The van der Waals surface area contributed by atoms with E-state index < -0.39 is 11.9 Å². The maximum atomic E-state index is 12.5. The third-order valence-corrected chi connectivity index (χ3v) is 3.47. The molecule has 0 atom stereocenters. The first-order valence-corrected chi connectivity index (χ1v) is 7.18. The van der Waals surface area contributed by atoms with Crippen LogP contribution in [-0.4, -0.2) is 22.2 Å². The van der Waals surface area contributed by atoms with Gasteiger partial charge in [0.25, 0.3) is 0 Å². The standard InChI is InChI=1S/C14H22F3N3O/c1-4-11(5-2)13(21)18-7-6-8-20-10(3)9-12(19-20)14(15,16)17/h9,11H,4-8H2,1-3H3,(H,18,21). The summed E-state index contributed by atoms with van der Waals surface area (Å²) in [6, 6.07) is 1.03. The SMILES string of the molecule is CCC(CC)C(=O)NCCCn1nc(C(F)(F)F)cc1C. The Morgan fingerprint density at radius 1 is 1.38 bits per heavy atom. The predicted octanol–water partition coefficient (Wildman–Crippen LogP) is 3.15. The van der Waals surface area contributed by atoms with Crippen molar-refractivity contribution in [3.63, 3.8) is 0 Å². The lowest BCUT2D eigenvalue weighted by atomic mass is 10.0. The van der Waals surface area contributed by atoms with Gasteiger partial charge in [-0.3, -0.25) is 9.48 Å². The van der Waals surface area contributed by atoms with Gasteiger partial charge in [-0.15, -0.1) is 0 Å². The van der Waals surface area contributed by atoms with Crippen LogP contribution in [0.2, 0.25) is 0 Å². The first kappa shape index (κ1) is 17.5. The van der Waals surface area contributed by atoms with Gasteiger partial charge in [-0.2, -0.15) is 18.3 Å². The Morgan fingerprint density at radius 3 is 2.48 bits per heavy atom. The third-order valence-electron chi connectivity index (χ3n) is 3.47. The van der Waals surface area contributed by atoms with Crippen molar-refractivity contribution in [3.8, 4) is 0 Å². The molecular formula is C14H22F3N3O. The molecule has 0 aromatic carbocycles. The zero-order valence-corrected chi connectivity index (χ0v) is 12.6. The van der Waals surface area contributed by atoms with E-state index >= 15 is 0 Å². The number of amides is 1. The van der Waals surface area contributed by atoms with Gasteiger partial charge in [0.2, 0.25) is 5.91 Å². The Kier molecular flexibility index (Phi) is 6.23. The van der Waals surface area contributed by atoms with Crippen molar-refractivity contribution in [1.82, 2.24) is 15.1 Å². The summed E-state index contributed by atoms with van der Waals surface area (Å²) in [7, 11) is 0. The zero-order valence-electron chi connectivity index (χ0n) is 12.6. The molecule has 1 aromatic heterocycles. The highest BCUT2D eigenvalue weighted by Gasteiger charge is 2.34. The first-order chi connectivity index (χ1) is 9.79. The molecule has 120 valence electrons. The second kappa shape index (κ2) is 7.47. The van der Waals surface area contributed by atoms with E-state index in [1.54, 1.807) is 6.92 Å². The maximum absolute atomic E-state index is 12.5. The molecule has 1 rings (SSSR count). The molecule has 0 bridgehead atoms. The number of nitrogens with zero attached hydrogens (tertiary/aromatic N) is 2. The fourth-order valence-corrected chi connectivity index (χ4v) is 2.12. The van der Waals surface area contributed by atoms with Crippen molar-refractivity contribution in [2.75, 3.05) is 6.54 Å². The van der Waals surface area contributed by atoms with E-state index in [2.05, 4.69) is 10.4 Å². The fraction of sp³-hybridized carbons (Fsp3) is 0.714. The van der Waals surface area contributed by atoms with Crippen LogP contribution in [0.5, 0.6) is 0 Å². The third kappa shape index (κ3) is 5.06. The molecule has 4 nitrogen and oxygen atoms in total. The van der Waals surface area contributed by atoms with Crippen LogP contribution in [0, 0.1) is 12.8 Å². The van der Waals surface area contributed by atoms with Crippen molar-refractivity contribution >= 4 is 5.91 Å². The van der Waals surface area contributed by atoms with E-state index in [1.165, 1.54) is 4.68 Å². The monoisotopic (exact) mass is 305 g/mol. The zero-order chi connectivity index (χ0) is 16.0. The summed E-state index contributed by atoms with van der Waals surface area (Å²) in [4.78, 5) is 11.7. The Morgan fingerprint density at radius 2 is 2.00 bits per heavy atom. The van der Waals surface area contributed by atoms with Gasteiger partial charge < -0.3 is 5.32 Å². The minimum atomic E-state index is -4.42. The topological polar surface area (TPSA) is 46.9 Å². The average Bonchev–Trinajstić information content (AvgIpc) is 2.77. The van der Waals surface area contributed by atoms with Crippen molar-refractivity contribution < 1.29 is 18.0 Å². The number of rotatable bonds is 7.